The minimum Gasteiger partial charge on any atom is -0.494 e. The maximum Gasteiger partial charge on any atom is 0.142 e. The van der Waals surface area contributed by atoms with Gasteiger partial charge in [-0.25, -0.2) is 0 Å². The Hall–Kier alpha value is -1.03. The lowest BCUT2D eigenvalue weighted by molar-refractivity contribution is 0.332. The predicted octanol–water partition coefficient (Wildman–Crippen LogP) is 4.04. The number of hydrogen-bond acceptors (Lipinski definition) is 4. The molecule has 1 aromatic rings. The summed E-state index contributed by atoms with van der Waals surface area (Å²) in [5.41, 5.74) is 1.02. The number of nitrogens with one attached hydrogen (secondary N) is 1. The van der Waals surface area contributed by atoms with Gasteiger partial charge in [0.25, 0.3) is 0 Å². The van der Waals surface area contributed by atoms with Gasteiger partial charge in [0.1, 0.15) is 11.5 Å². The van der Waals surface area contributed by atoms with Gasteiger partial charge >= 0.3 is 0 Å². The molecule has 0 saturated carbocycles. The van der Waals surface area contributed by atoms with Crippen LogP contribution in [0.1, 0.15) is 27.2 Å². The van der Waals surface area contributed by atoms with Crippen LogP contribution in [-0.2, 0) is 0 Å². The van der Waals surface area contributed by atoms with Crippen LogP contribution in [0.2, 0.25) is 0 Å². The fraction of sp³-hybridized carbons (Fsp3) is 0.600. The van der Waals surface area contributed by atoms with Gasteiger partial charge in [-0.3, -0.25) is 0 Å². The predicted molar refractivity (Wildman–Crippen MR) is 84.9 cm³/mol. The van der Waals surface area contributed by atoms with Crippen molar-refractivity contribution >= 4 is 17.4 Å². The van der Waals surface area contributed by atoms with Crippen LogP contribution in [0.15, 0.2) is 18.2 Å². The molecule has 3 nitrogen and oxygen atoms in total. The maximum atomic E-state index is 5.63. The highest BCUT2D eigenvalue weighted by Crippen LogP contribution is 2.29. The Morgan fingerprint density at radius 2 is 1.89 bits per heavy atom. The summed E-state index contributed by atoms with van der Waals surface area (Å²) >= 11 is 1.97. The van der Waals surface area contributed by atoms with E-state index in [1.54, 1.807) is 0 Å². The number of thioether (sulfide) groups is 1. The average Bonchev–Trinajstić information content (AvgIpc) is 2.42. The van der Waals surface area contributed by atoms with Gasteiger partial charge in [0.2, 0.25) is 0 Å². The highest BCUT2D eigenvalue weighted by atomic mass is 32.2. The molecule has 0 heterocycles. The maximum absolute atomic E-state index is 5.63. The fourth-order valence-corrected chi connectivity index (χ4v) is 2.36. The lowest BCUT2D eigenvalue weighted by atomic mass is 10.2. The van der Waals surface area contributed by atoms with Crippen LogP contribution in [-0.4, -0.2) is 31.3 Å². The second-order valence-corrected chi connectivity index (χ2v) is 5.40. The molecule has 0 aliphatic rings. The van der Waals surface area contributed by atoms with Gasteiger partial charge < -0.3 is 14.8 Å². The molecule has 108 valence electrons. The number of hydrogen-bond donors (Lipinski definition) is 1. The van der Waals surface area contributed by atoms with Gasteiger partial charge in [0.05, 0.1) is 18.9 Å². The van der Waals surface area contributed by atoms with Crippen LogP contribution in [0.3, 0.4) is 0 Å². The van der Waals surface area contributed by atoms with Crippen molar-refractivity contribution in [3.63, 3.8) is 0 Å². The largest absolute Gasteiger partial charge is 0.494 e. The molecular formula is C15H25NO2S. The Kier molecular flexibility index (Phi) is 8.30. The Morgan fingerprint density at radius 1 is 1.11 bits per heavy atom. The molecule has 0 bridgehead atoms. The van der Waals surface area contributed by atoms with E-state index in [2.05, 4.69) is 12.2 Å². The van der Waals surface area contributed by atoms with E-state index in [0.717, 1.165) is 30.2 Å². The highest BCUT2D eigenvalue weighted by molar-refractivity contribution is 7.99. The molecule has 1 rings (SSSR count). The van der Waals surface area contributed by atoms with E-state index in [0.29, 0.717) is 13.2 Å². The topological polar surface area (TPSA) is 30.5 Å². The summed E-state index contributed by atoms with van der Waals surface area (Å²) in [5, 5.41) is 3.44. The first-order chi connectivity index (χ1) is 9.31. The smallest absolute Gasteiger partial charge is 0.142 e. The van der Waals surface area contributed by atoms with Gasteiger partial charge in [-0.2, -0.15) is 11.8 Å². The molecule has 0 aliphatic carbocycles. The first kappa shape index (κ1) is 16.0. The average molecular weight is 283 g/mol. The Balaban J connectivity index is 2.57. The van der Waals surface area contributed by atoms with Gasteiger partial charge in [0.15, 0.2) is 0 Å². The van der Waals surface area contributed by atoms with Gasteiger partial charge in [0, 0.05) is 12.6 Å². The zero-order valence-electron chi connectivity index (χ0n) is 12.2. The summed E-state index contributed by atoms with van der Waals surface area (Å²) < 4.78 is 11.1. The molecule has 0 aliphatic heterocycles. The Morgan fingerprint density at radius 3 is 2.58 bits per heavy atom. The first-order valence-electron chi connectivity index (χ1n) is 7.03. The quantitative estimate of drug-likeness (QED) is 0.657. The van der Waals surface area contributed by atoms with Crippen LogP contribution in [0.5, 0.6) is 11.5 Å². The molecule has 0 aromatic heterocycles. The number of anilines is 1. The van der Waals surface area contributed by atoms with E-state index < -0.39 is 0 Å². The number of benzene rings is 1. The van der Waals surface area contributed by atoms with E-state index >= 15 is 0 Å². The third kappa shape index (κ3) is 6.10. The van der Waals surface area contributed by atoms with E-state index in [1.165, 1.54) is 11.5 Å². The van der Waals surface area contributed by atoms with Crippen molar-refractivity contribution < 1.29 is 9.47 Å². The fourth-order valence-electron chi connectivity index (χ4n) is 1.73. The molecule has 0 spiro atoms. The SMILES string of the molecule is CCOc1ccc(OCC)c(NCCCSCC)c1. The van der Waals surface area contributed by atoms with Crippen molar-refractivity contribution in [3.8, 4) is 11.5 Å². The van der Waals surface area contributed by atoms with Crippen LogP contribution < -0.4 is 14.8 Å². The van der Waals surface area contributed by atoms with Crippen LogP contribution in [0, 0.1) is 0 Å². The molecule has 0 saturated heterocycles. The van der Waals surface area contributed by atoms with Crippen molar-refractivity contribution in [1.29, 1.82) is 0 Å². The molecular weight excluding hydrogens is 258 g/mol. The van der Waals surface area contributed by atoms with Crippen molar-refractivity contribution in [2.45, 2.75) is 27.2 Å². The van der Waals surface area contributed by atoms with Gasteiger partial charge in [-0.05, 0) is 43.9 Å². The first-order valence-corrected chi connectivity index (χ1v) is 8.18. The molecule has 0 radical (unpaired) electrons. The highest BCUT2D eigenvalue weighted by Gasteiger charge is 2.05. The summed E-state index contributed by atoms with van der Waals surface area (Å²) in [6.07, 6.45) is 1.16. The second-order valence-electron chi connectivity index (χ2n) is 4.00. The normalized spacial score (nSPS) is 10.3. The van der Waals surface area contributed by atoms with Crippen molar-refractivity contribution in [3.05, 3.63) is 18.2 Å². The molecule has 1 aromatic carbocycles. The zero-order chi connectivity index (χ0) is 13.9. The minimum absolute atomic E-state index is 0.675. The van der Waals surface area contributed by atoms with Crippen LogP contribution in [0.25, 0.3) is 0 Å². The van der Waals surface area contributed by atoms with Gasteiger partial charge in [-0.15, -0.1) is 0 Å². The standard InChI is InChI=1S/C15H25NO2S/c1-4-17-13-8-9-15(18-5-2)14(12-13)16-10-7-11-19-6-3/h8-9,12,16H,4-7,10-11H2,1-3H3. The monoisotopic (exact) mass is 283 g/mol. The third-order valence-corrected chi connectivity index (χ3v) is 3.53. The van der Waals surface area contributed by atoms with E-state index in [-0.39, 0.29) is 0 Å². The van der Waals surface area contributed by atoms with Crippen molar-refractivity contribution in [2.75, 3.05) is 36.6 Å². The lowest BCUT2D eigenvalue weighted by Crippen LogP contribution is -2.06. The third-order valence-electron chi connectivity index (χ3n) is 2.55. The summed E-state index contributed by atoms with van der Waals surface area (Å²) in [4.78, 5) is 0. The number of rotatable bonds is 10. The minimum atomic E-state index is 0.675. The molecule has 4 heteroatoms. The summed E-state index contributed by atoms with van der Waals surface area (Å²) in [6.45, 7) is 8.50. The van der Waals surface area contributed by atoms with Crippen LogP contribution in [0.4, 0.5) is 5.69 Å². The number of ether oxygens (including phenoxy) is 2. The Bertz CT molecular complexity index is 358. The van der Waals surface area contributed by atoms with Crippen LogP contribution >= 0.6 is 11.8 Å². The zero-order valence-corrected chi connectivity index (χ0v) is 13.0. The summed E-state index contributed by atoms with van der Waals surface area (Å²) in [6, 6.07) is 5.94. The molecule has 0 amide bonds. The van der Waals surface area contributed by atoms with Crippen molar-refractivity contribution in [1.82, 2.24) is 0 Å². The molecule has 1 N–H and O–H groups in total. The van der Waals surface area contributed by atoms with E-state index in [4.69, 9.17) is 9.47 Å². The molecule has 0 fully saturated rings. The summed E-state index contributed by atoms with van der Waals surface area (Å²) in [5.74, 6) is 4.16. The lowest BCUT2D eigenvalue weighted by Gasteiger charge is -2.14. The molecule has 19 heavy (non-hydrogen) atoms. The Labute approximate surface area is 121 Å². The van der Waals surface area contributed by atoms with E-state index in [9.17, 15) is 0 Å². The molecule has 0 unspecified atom stereocenters. The van der Waals surface area contributed by atoms with Crippen molar-refractivity contribution in [2.24, 2.45) is 0 Å². The second kappa shape index (κ2) is 9.84. The van der Waals surface area contributed by atoms with Gasteiger partial charge in [-0.1, -0.05) is 6.92 Å². The summed E-state index contributed by atoms with van der Waals surface area (Å²) in [7, 11) is 0. The molecule has 0 atom stereocenters. The van der Waals surface area contributed by atoms with E-state index in [1.807, 2.05) is 43.8 Å².